The number of carbonyl (C=O) groups excluding carboxylic acids is 1. The number of aliphatic hydroxyl groups excluding tert-OH is 1. The van der Waals surface area contributed by atoms with Gasteiger partial charge in [-0.1, -0.05) is 19.3 Å². The summed E-state index contributed by atoms with van der Waals surface area (Å²) in [7, 11) is 2.06. The Morgan fingerprint density at radius 2 is 1.71 bits per heavy atom. The molecule has 2 saturated carbocycles. The summed E-state index contributed by atoms with van der Waals surface area (Å²) in [5.41, 5.74) is 0. The first kappa shape index (κ1) is 16.8. The molecule has 2 aliphatic rings. The molecule has 0 aromatic heterocycles. The Labute approximate surface area is 129 Å². The zero-order valence-corrected chi connectivity index (χ0v) is 13.5. The maximum Gasteiger partial charge on any atom is 0.234 e. The number of amides is 1. The molecule has 0 bridgehead atoms. The minimum absolute atomic E-state index is 0.173. The molecular formula is C17H32N2O2. The molecule has 2 aliphatic carbocycles. The van der Waals surface area contributed by atoms with Crippen LogP contribution in [0.5, 0.6) is 0 Å². The van der Waals surface area contributed by atoms with Crippen LogP contribution in [0.1, 0.15) is 57.8 Å². The molecule has 2 N–H and O–H groups in total. The molecule has 0 aliphatic heterocycles. The van der Waals surface area contributed by atoms with Crippen molar-refractivity contribution in [2.75, 3.05) is 26.7 Å². The Balaban J connectivity index is 1.62. The van der Waals surface area contributed by atoms with E-state index in [9.17, 15) is 9.90 Å². The van der Waals surface area contributed by atoms with Crippen molar-refractivity contribution in [1.29, 1.82) is 0 Å². The first-order chi connectivity index (χ1) is 10.2. The van der Waals surface area contributed by atoms with E-state index in [1.54, 1.807) is 0 Å². The molecule has 2 rings (SSSR count). The number of aliphatic hydroxyl groups is 1. The molecule has 0 heterocycles. The lowest BCUT2D eigenvalue weighted by atomic mass is 9.86. The number of carbonyl (C=O) groups is 1. The molecule has 1 amide bonds. The summed E-state index contributed by atoms with van der Waals surface area (Å²) >= 11 is 0. The van der Waals surface area contributed by atoms with Crippen LogP contribution >= 0.6 is 0 Å². The van der Waals surface area contributed by atoms with Crippen LogP contribution in [0.2, 0.25) is 0 Å². The summed E-state index contributed by atoms with van der Waals surface area (Å²) in [6, 6.07) is 0.508. The molecule has 0 saturated heterocycles. The van der Waals surface area contributed by atoms with Crippen molar-refractivity contribution in [3.05, 3.63) is 0 Å². The van der Waals surface area contributed by atoms with Crippen molar-refractivity contribution >= 4 is 5.91 Å². The molecule has 4 heteroatoms. The van der Waals surface area contributed by atoms with Gasteiger partial charge in [0.25, 0.3) is 0 Å². The van der Waals surface area contributed by atoms with Gasteiger partial charge in [-0.05, 0) is 57.4 Å². The fraction of sp³-hybridized carbons (Fsp3) is 0.941. The summed E-state index contributed by atoms with van der Waals surface area (Å²) in [4.78, 5) is 14.3. The van der Waals surface area contributed by atoms with E-state index in [0.717, 1.165) is 32.2 Å². The summed E-state index contributed by atoms with van der Waals surface area (Å²) in [5.74, 6) is 1.36. The predicted molar refractivity (Wildman–Crippen MR) is 85.0 cm³/mol. The Kier molecular flexibility index (Phi) is 6.97. The second-order valence-electron chi connectivity index (χ2n) is 7.08. The molecule has 2 fully saturated rings. The number of hydrogen-bond acceptors (Lipinski definition) is 3. The third-order valence-electron chi connectivity index (χ3n) is 5.40. The van der Waals surface area contributed by atoms with Crippen molar-refractivity contribution in [1.82, 2.24) is 10.2 Å². The minimum Gasteiger partial charge on any atom is -0.396 e. The van der Waals surface area contributed by atoms with Gasteiger partial charge in [0.2, 0.25) is 5.91 Å². The number of nitrogens with one attached hydrogen (secondary N) is 1. The highest BCUT2D eigenvalue weighted by molar-refractivity contribution is 5.78. The number of nitrogens with zero attached hydrogens (tertiary/aromatic N) is 1. The van der Waals surface area contributed by atoms with Gasteiger partial charge in [-0.2, -0.15) is 0 Å². The fourth-order valence-electron chi connectivity index (χ4n) is 3.83. The molecule has 21 heavy (non-hydrogen) atoms. The Hall–Kier alpha value is -0.610. The van der Waals surface area contributed by atoms with E-state index in [0.29, 0.717) is 31.0 Å². The Morgan fingerprint density at radius 3 is 2.33 bits per heavy atom. The molecule has 0 unspecified atom stereocenters. The minimum atomic E-state index is 0.173. The molecule has 122 valence electrons. The molecule has 0 atom stereocenters. The lowest BCUT2D eigenvalue weighted by molar-refractivity contribution is -0.122. The molecule has 0 aromatic carbocycles. The summed E-state index contributed by atoms with van der Waals surface area (Å²) in [6.45, 7) is 1.70. The largest absolute Gasteiger partial charge is 0.396 e. The Bertz CT molecular complexity index is 308. The van der Waals surface area contributed by atoms with Gasteiger partial charge < -0.3 is 10.4 Å². The predicted octanol–water partition coefficient (Wildman–Crippen LogP) is 2.17. The lowest BCUT2D eigenvalue weighted by Crippen LogP contribution is -2.43. The molecule has 0 radical (unpaired) electrons. The SMILES string of the molecule is CN(CC(=O)NCC1CCCCC1)C1CCC(CO)CC1. The highest BCUT2D eigenvalue weighted by atomic mass is 16.3. The zero-order valence-electron chi connectivity index (χ0n) is 13.5. The van der Waals surface area contributed by atoms with Crippen LogP contribution in [-0.2, 0) is 4.79 Å². The fourth-order valence-corrected chi connectivity index (χ4v) is 3.83. The maximum atomic E-state index is 12.1. The van der Waals surface area contributed by atoms with Crippen LogP contribution in [0, 0.1) is 11.8 Å². The second kappa shape index (κ2) is 8.74. The highest BCUT2D eigenvalue weighted by Crippen LogP contribution is 2.26. The van der Waals surface area contributed by atoms with E-state index in [4.69, 9.17) is 0 Å². The zero-order chi connectivity index (χ0) is 15.1. The third kappa shape index (κ3) is 5.59. The van der Waals surface area contributed by atoms with Gasteiger partial charge in [-0.3, -0.25) is 9.69 Å². The van der Waals surface area contributed by atoms with Crippen LogP contribution in [0.25, 0.3) is 0 Å². The molecule has 0 aromatic rings. The van der Waals surface area contributed by atoms with Crippen molar-refractivity contribution in [3.8, 4) is 0 Å². The topological polar surface area (TPSA) is 52.6 Å². The standard InChI is InChI=1S/C17H32N2O2/c1-19(16-9-7-15(13-20)8-10-16)12-17(21)18-11-14-5-3-2-4-6-14/h14-16,20H,2-13H2,1H3,(H,18,21). The van der Waals surface area contributed by atoms with Crippen LogP contribution in [0.15, 0.2) is 0 Å². The van der Waals surface area contributed by atoms with Gasteiger partial charge in [0.15, 0.2) is 0 Å². The van der Waals surface area contributed by atoms with Crippen molar-refractivity contribution in [2.24, 2.45) is 11.8 Å². The Morgan fingerprint density at radius 1 is 1.05 bits per heavy atom. The number of hydrogen-bond donors (Lipinski definition) is 2. The smallest absolute Gasteiger partial charge is 0.234 e. The van der Waals surface area contributed by atoms with Crippen LogP contribution in [0.3, 0.4) is 0 Å². The van der Waals surface area contributed by atoms with Gasteiger partial charge in [0.05, 0.1) is 6.54 Å². The monoisotopic (exact) mass is 296 g/mol. The average molecular weight is 296 g/mol. The van der Waals surface area contributed by atoms with Gasteiger partial charge in [0, 0.05) is 19.2 Å². The van der Waals surface area contributed by atoms with Crippen LogP contribution in [-0.4, -0.2) is 48.7 Å². The average Bonchev–Trinajstić information content (AvgIpc) is 2.54. The molecular weight excluding hydrogens is 264 g/mol. The normalized spacial score (nSPS) is 27.8. The lowest BCUT2D eigenvalue weighted by Gasteiger charge is -2.33. The van der Waals surface area contributed by atoms with Gasteiger partial charge in [-0.25, -0.2) is 0 Å². The quantitative estimate of drug-likeness (QED) is 0.790. The molecule has 4 nitrogen and oxygen atoms in total. The number of likely N-dealkylation sites (N-methyl/N-ethyl adjacent to an activating group) is 1. The first-order valence-corrected chi connectivity index (χ1v) is 8.77. The van der Waals surface area contributed by atoms with E-state index in [-0.39, 0.29) is 5.91 Å². The van der Waals surface area contributed by atoms with Crippen LogP contribution < -0.4 is 5.32 Å². The van der Waals surface area contributed by atoms with E-state index < -0.39 is 0 Å². The van der Waals surface area contributed by atoms with Crippen molar-refractivity contribution in [2.45, 2.75) is 63.8 Å². The van der Waals surface area contributed by atoms with Gasteiger partial charge in [-0.15, -0.1) is 0 Å². The van der Waals surface area contributed by atoms with E-state index in [1.165, 1.54) is 32.1 Å². The summed E-state index contributed by atoms with van der Waals surface area (Å²) in [6.07, 6.45) is 11.0. The van der Waals surface area contributed by atoms with Crippen molar-refractivity contribution < 1.29 is 9.90 Å². The highest BCUT2D eigenvalue weighted by Gasteiger charge is 2.24. The maximum absolute atomic E-state index is 12.1. The first-order valence-electron chi connectivity index (χ1n) is 8.77. The van der Waals surface area contributed by atoms with E-state index in [2.05, 4.69) is 17.3 Å². The second-order valence-corrected chi connectivity index (χ2v) is 7.08. The number of rotatable bonds is 6. The summed E-state index contributed by atoms with van der Waals surface area (Å²) in [5, 5.41) is 12.3. The summed E-state index contributed by atoms with van der Waals surface area (Å²) < 4.78 is 0. The molecule has 0 spiro atoms. The van der Waals surface area contributed by atoms with E-state index >= 15 is 0 Å². The third-order valence-corrected chi connectivity index (χ3v) is 5.40. The van der Waals surface area contributed by atoms with Crippen molar-refractivity contribution in [3.63, 3.8) is 0 Å². The van der Waals surface area contributed by atoms with Gasteiger partial charge >= 0.3 is 0 Å². The van der Waals surface area contributed by atoms with Gasteiger partial charge in [0.1, 0.15) is 0 Å². The van der Waals surface area contributed by atoms with E-state index in [1.807, 2.05) is 0 Å². The van der Waals surface area contributed by atoms with Crippen LogP contribution in [0.4, 0.5) is 0 Å².